The fourth-order valence-electron chi connectivity index (χ4n) is 1.36. The molecule has 1 aromatic rings. The number of phosphoric ester groups is 1. The summed E-state index contributed by atoms with van der Waals surface area (Å²) in [5.74, 6) is 0. The summed E-state index contributed by atoms with van der Waals surface area (Å²) in [7, 11) is -14.2. The van der Waals surface area contributed by atoms with Gasteiger partial charge in [-0.3, -0.25) is 9.08 Å². The van der Waals surface area contributed by atoms with Crippen molar-refractivity contribution in [2.75, 3.05) is 5.73 Å². The van der Waals surface area contributed by atoms with Gasteiger partial charge >= 0.3 is 7.82 Å². The van der Waals surface area contributed by atoms with Crippen LogP contribution in [-0.2, 0) is 29.0 Å². The molecule has 120 valence electrons. The van der Waals surface area contributed by atoms with E-state index in [0.29, 0.717) is 6.07 Å². The maximum atomic E-state index is 12.0. The second-order valence-electron chi connectivity index (χ2n) is 3.88. The zero-order valence-corrected chi connectivity index (χ0v) is 13.0. The topological polar surface area (TPSA) is 181 Å². The monoisotopic (exact) mass is 361 g/mol. The Hall–Kier alpha value is -1.01. The number of phosphoric acid groups is 1. The van der Waals surface area contributed by atoms with E-state index in [1.807, 2.05) is 0 Å². The average Bonchev–Trinajstić information content (AvgIpc) is 2.25. The Balaban J connectivity index is 3.37. The van der Waals surface area contributed by atoms with Crippen molar-refractivity contribution in [3.63, 3.8) is 0 Å². The Kier molecular flexibility index (Phi) is 4.85. The molecule has 0 bridgehead atoms. The van der Waals surface area contributed by atoms with Crippen LogP contribution in [0.2, 0.25) is 0 Å². The van der Waals surface area contributed by atoms with Crippen molar-refractivity contribution >= 4 is 33.5 Å². The van der Waals surface area contributed by atoms with Gasteiger partial charge in [0.15, 0.2) is 5.44 Å². The van der Waals surface area contributed by atoms with Crippen molar-refractivity contribution in [1.29, 1.82) is 0 Å². The molecule has 0 spiro atoms. The number of hydrogen-bond donors (Lipinski definition) is 4. The maximum Gasteiger partial charge on any atom is 0.470 e. The number of benzene rings is 1. The summed E-state index contributed by atoms with van der Waals surface area (Å²) in [6.07, 6.45) is 0. The van der Waals surface area contributed by atoms with Gasteiger partial charge in [-0.05, 0) is 25.1 Å². The van der Waals surface area contributed by atoms with Crippen LogP contribution in [0.4, 0.5) is 5.69 Å². The van der Waals surface area contributed by atoms with Gasteiger partial charge in [0.05, 0.1) is 10.6 Å². The quantitative estimate of drug-likeness (QED) is 0.310. The molecular weight excluding hydrogens is 349 g/mol. The Labute approximate surface area is 120 Å². The third-order valence-electron chi connectivity index (χ3n) is 2.31. The van der Waals surface area contributed by atoms with Crippen LogP contribution in [0.25, 0.3) is 0 Å². The summed E-state index contributed by atoms with van der Waals surface area (Å²) in [4.78, 5) is 15.7. The number of rotatable bonds is 5. The highest BCUT2D eigenvalue weighted by atomic mass is 32.2. The van der Waals surface area contributed by atoms with E-state index >= 15 is 0 Å². The molecular formula is C8H12NO9PS2. The van der Waals surface area contributed by atoms with Gasteiger partial charge in [0.2, 0.25) is 9.84 Å². The summed E-state index contributed by atoms with van der Waals surface area (Å²) in [5, 5.41) is 0. The van der Waals surface area contributed by atoms with E-state index in [-0.39, 0.29) is 5.69 Å². The SMILES string of the molecule is CC(OP(=O)(O)O)S(=O)(=O)c1ccc(N)c(S(=O)(=O)O)c1. The fourth-order valence-corrected chi connectivity index (χ4v) is 4.17. The standard InChI is InChI=1S/C8H12NO9PS2/c1-5(18-19(10,11)12)20(13,14)6-2-3-7(9)8(4-6)21(15,16)17/h2-5H,9H2,1H3,(H2,10,11,12)(H,15,16,17). The van der Waals surface area contributed by atoms with Crippen molar-refractivity contribution < 1.29 is 40.3 Å². The lowest BCUT2D eigenvalue weighted by Gasteiger charge is -2.15. The summed E-state index contributed by atoms with van der Waals surface area (Å²) >= 11 is 0. The Bertz CT molecular complexity index is 795. The second kappa shape index (κ2) is 5.65. The zero-order chi connectivity index (χ0) is 16.6. The summed E-state index contributed by atoms with van der Waals surface area (Å²) in [6.45, 7) is 0.859. The van der Waals surface area contributed by atoms with Crippen LogP contribution in [0.5, 0.6) is 0 Å². The normalized spacial score (nSPS) is 14.9. The molecule has 0 aliphatic rings. The molecule has 0 aliphatic carbocycles. The summed E-state index contributed by atoms with van der Waals surface area (Å²) in [6, 6.07) is 2.40. The second-order valence-corrected chi connectivity index (χ2v) is 8.69. The molecule has 1 rings (SSSR count). The first kappa shape index (κ1) is 18.0. The van der Waals surface area contributed by atoms with E-state index in [2.05, 4.69) is 4.52 Å². The van der Waals surface area contributed by atoms with Crippen molar-refractivity contribution in [3.8, 4) is 0 Å². The average molecular weight is 361 g/mol. The molecule has 1 aromatic carbocycles. The number of anilines is 1. The highest BCUT2D eigenvalue weighted by Crippen LogP contribution is 2.39. The number of nitrogens with two attached hydrogens (primary N) is 1. The third kappa shape index (κ3) is 4.48. The highest BCUT2D eigenvalue weighted by molar-refractivity contribution is 7.92. The van der Waals surface area contributed by atoms with Crippen LogP contribution in [0.15, 0.2) is 28.0 Å². The molecule has 21 heavy (non-hydrogen) atoms. The zero-order valence-electron chi connectivity index (χ0n) is 10.4. The molecule has 1 atom stereocenters. The first-order valence-corrected chi connectivity index (χ1v) is 9.61. The first-order chi connectivity index (χ1) is 9.25. The third-order valence-corrected chi connectivity index (χ3v) is 5.84. The Morgan fingerprint density at radius 1 is 1.24 bits per heavy atom. The molecule has 0 aromatic heterocycles. The molecule has 5 N–H and O–H groups in total. The highest BCUT2D eigenvalue weighted by Gasteiger charge is 2.31. The minimum absolute atomic E-state index is 0.389. The Morgan fingerprint density at radius 2 is 1.76 bits per heavy atom. The number of hydrogen-bond acceptors (Lipinski definition) is 7. The summed E-state index contributed by atoms with van der Waals surface area (Å²) < 4.78 is 69.8. The van der Waals surface area contributed by atoms with Gasteiger partial charge in [0, 0.05) is 0 Å². The van der Waals surface area contributed by atoms with Crippen LogP contribution in [0, 0.1) is 0 Å². The van der Waals surface area contributed by atoms with Crippen LogP contribution in [0.3, 0.4) is 0 Å². The molecule has 1 unspecified atom stereocenters. The predicted molar refractivity (Wildman–Crippen MR) is 70.4 cm³/mol. The number of nitrogen functional groups attached to an aromatic ring is 1. The van der Waals surface area contributed by atoms with Gasteiger partial charge in [-0.1, -0.05) is 0 Å². The van der Waals surface area contributed by atoms with Crippen molar-refractivity contribution in [2.45, 2.75) is 22.2 Å². The molecule has 0 aliphatic heterocycles. The van der Waals surface area contributed by atoms with Gasteiger partial charge in [-0.2, -0.15) is 8.42 Å². The van der Waals surface area contributed by atoms with Gasteiger partial charge < -0.3 is 15.5 Å². The minimum atomic E-state index is -5.06. The summed E-state index contributed by atoms with van der Waals surface area (Å²) in [5.41, 5.74) is 2.97. The molecule has 0 radical (unpaired) electrons. The van der Waals surface area contributed by atoms with Crippen LogP contribution in [-0.4, -0.2) is 36.6 Å². The first-order valence-electron chi connectivity index (χ1n) is 5.10. The lowest BCUT2D eigenvalue weighted by molar-refractivity contribution is 0.184. The molecule has 0 amide bonds. The predicted octanol–water partition coefficient (Wildman–Crippen LogP) is -0.256. The van der Waals surface area contributed by atoms with Gasteiger partial charge in [0.25, 0.3) is 10.1 Å². The fraction of sp³-hybridized carbons (Fsp3) is 0.250. The molecule has 0 fully saturated rings. The van der Waals surface area contributed by atoms with E-state index in [4.69, 9.17) is 20.1 Å². The van der Waals surface area contributed by atoms with E-state index in [1.54, 1.807) is 0 Å². The largest absolute Gasteiger partial charge is 0.470 e. The molecule has 0 heterocycles. The smallest absolute Gasteiger partial charge is 0.398 e. The lowest BCUT2D eigenvalue weighted by Crippen LogP contribution is -2.21. The van der Waals surface area contributed by atoms with Crippen molar-refractivity contribution in [3.05, 3.63) is 18.2 Å². The van der Waals surface area contributed by atoms with E-state index < -0.39 is 43.0 Å². The van der Waals surface area contributed by atoms with Crippen LogP contribution < -0.4 is 5.73 Å². The lowest BCUT2D eigenvalue weighted by atomic mass is 10.3. The van der Waals surface area contributed by atoms with Crippen LogP contribution >= 0.6 is 7.82 Å². The molecule has 10 nitrogen and oxygen atoms in total. The maximum absolute atomic E-state index is 12.0. The van der Waals surface area contributed by atoms with Gasteiger partial charge in [-0.15, -0.1) is 0 Å². The molecule has 13 heteroatoms. The van der Waals surface area contributed by atoms with Crippen LogP contribution in [0.1, 0.15) is 6.92 Å². The van der Waals surface area contributed by atoms with Crippen molar-refractivity contribution in [1.82, 2.24) is 0 Å². The Morgan fingerprint density at radius 3 is 2.19 bits per heavy atom. The van der Waals surface area contributed by atoms with E-state index in [0.717, 1.165) is 19.1 Å². The van der Waals surface area contributed by atoms with E-state index in [1.165, 1.54) is 0 Å². The van der Waals surface area contributed by atoms with Crippen molar-refractivity contribution in [2.24, 2.45) is 0 Å². The van der Waals surface area contributed by atoms with Gasteiger partial charge in [-0.25, -0.2) is 13.0 Å². The minimum Gasteiger partial charge on any atom is -0.398 e. The molecule has 0 saturated carbocycles. The van der Waals surface area contributed by atoms with Gasteiger partial charge in [0.1, 0.15) is 4.90 Å². The number of sulfone groups is 1. The molecule has 0 saturated heterocycles. The van der Waals surface area contributed by atoms with E-state index in [9.17, 15) is 21.4 Å².